The number of nitrogens with one attached hydrogen (secondary N) is 4. The monoisotopic (exact) mass is 511 g/mol. The molecular weight excluding hydrogens is 482 g/mol. The minimum absolute atomic E-state index is 0.213. The van der Waals surface area contributed by atoms with E-state index in [1.807, 2.05) is 59.9 Å². The second-order valence-electron chi connectivity index (χ2n) is 8.37. The van der Waals surface area contributed by atoms with Gasteiger partial charge >= 0.3 is 12.1 Å². The van der Waals surface area contributed by atoms with Crippen LogP contribution in [0.5, 0.6) is 0 Å². The first kappa shape index (κ1) is 26.0. The molecule has 3 aromatic carbocycles. The number of aryl methyl sites for hydroxylation is 1. The molecule has 0 unspecified atom stereocenters. The molecule has 0 spiro atoms. The molecule has 0 aliphatic rings. The number of carboxylic acid groups (broad SMARTS) is 1. The normalized spacial score (nSPS) is 11.2. The van der Waals surface area contributed by atoms with Gasteiger partial charge in [-0.05, 0) is 16.7 Å². The molecule has 5 N–H and O–H groups in total. The Bertz CT molecular complexity index is 1280. The third-order valence-corrected chi connectivity index (χ3v) is 5.92. The van der Waals surface area contributed by atoms with E-state index in [0.717, 1.165) is 23.0 Å². The number of aromatic nitrogens is 2. The molecule has 1 heterocycles. The van der Waals surface area contributed by atoms with Crippen molar-refractivity contribution in [3.63, 3.8) is 0 Å². The fourth-order valence-corrected chi connectivity index (χ4v) is 4.20. The Labute approximate surface area is 220 Å². The van der Waals surface area contributed by atoms with Gasteiger partial charge in [0.1, 0.15) is 17.0 Å². The van der Waals surface area contributed by atoms with Crippen molar-refractivity contribution in [3.8, 4) is 0 Å². The molecule has 0 aliphatic carbocycles. The van der Waals surface area contributed by atoms with Crippen LogP contribution in [0.2, 0.25) is 0 Å². The van der Waals surface area contributed by atoms with Crippen LogP contribution in [0.3, 0.4) is 0 Å². The van der Waals surface area contributed by atoms with Gasteiger partial charge in [0, 0.05) is 13.6 Å². The van der Waals surface area contributed by atoms with Gasteiger partial charge in [-0.15, -0.1) is 0 Å². The summed E-state index contributed by atoms with van der Waals surface area (Å²) in [5.74, 6) is 0.611. The number of hydrogen-bond acceptors (Lipinski definition) is 5. The Kier molecular flexibility index (Phi) is 8.35. The first-order valence-electron chi connectivity index (χ1n) is 12.0. The molecule has 4 rings (SSSR count). The largest absolute Gasteiger partial charge is 0.465 e. The van der Waals surface area contributed by atoms with Gasteiger partial charge in [-0.2, -0.15) is 5.10 Å². The zero-order chi connectivity index (χ0) is 26.8. The highest BCUT2D eigenvalue weighted by molar-refractivity contribution is 5.92. The lowest BCUT2D eigenvalue weighted by Crippen LogP contribution is -2.39. The zero-order valence-corrected chi connectivity index (χ0v) is 20.8. The third-order valence-electron chi connectivity index (χ3n) is 5.92. The standard InChI is InChI=1S/C28H29N7O3/c1-35-25(24(19-32-35)33-26(36)30-18-17-29-20-31-27(37)38)34-28(21-11-5-2-6-12-21,22-13-7-3-8-14-22)23-15-9-4-10-16-23/h2-16,19-20,34H,17-18H2,1H3,(H,29,31)(H,37,38)(H2,30,33,36). The number of anilines is 2. The van der Waals surface area contributed by atoms with Gasteiger partial charge in [0.05, 0.1) is 19.1 Å². The van der Waals surface area contributed by atoms with E-state index in [9.17, 15) is 9.59 Å². The van der Waals surface area contributed by atoms with Crippen LogP contribution < -0.4 is 21.3 Å². The summed E-state index contributed by atoms with van der Waals surface area (Å²) in [4.78, 5) is 27.0. The smallest absolute Gasteiger partial charge is 0.409 e. The van der Waals surface area contributed by atoms with Gasteiger partial charge in [-0.25, -0.2) is 9.59 Å². The van der Waals surface area contributed by atoms with Crippen LogP contribution in [-0.2, 0) is 12.6 Å². The van der Waals surface area contributed by atoms with Crippen molar-refractivity contribution in [1.82, 2.24) is 20.4 Å². The Morgan fingerprint density at radius 3 is 1.95 bits per heavy atom. The number of nitrogens with zero attached hydrogens (tertiary/aromatic N) is 3. The lowest BCUT2D eigenvalue weighted by molar-refractivity contribution is 0.200. The Morgan fingerprint density at radius 2 is 1.45 bits per heavy atom. The van der Waals surface area contributed by atoms with Gasteiger partial charge in [-0.1, -0.05) is 91.0 Å². The van der Waals surface area contributed by atoms with E-state index in [1.54, 1.807) is 17.9 Å². The van der Waals surface area contributed by atoms with Gasteiger partial charge in [-0.3, -0.25) is 15.0 Å². The lowest BCUT2D eigenvalue weighted by atomic mass is 9.77. The molecule has 1 aromatic heterocycles. The summed E-state index contributed by atoms with van der Waals surface area (Å²) in [5.41, 5.74) is 2.75. The van der Waals surface area contributed by atoms with Gasteiger partial charge in [0.25, 0.3) is 0 Å². The topological polar surface area (TPSA) is 133 Å². The van der Waals surface area contributed by atoms with Crippen LogP contribution in [0, 0.1) is 0 Å². The number of rotatable bonds is 10. The maximum absolute atomic E-state index is 12.6. The summed E-state index contributed by atoms with van der Waals surface area (Å²) >= 11 is 0. The van der Waals surface area contributed by atoms with Crippen molar-refractivity contribution < 1.29 is 14.7 Å². The predicted octanol–water partition coefficient (Wildman–Crippen LogP) is 4.24. The lowest BCUT2D eigenvalue weighted by Gasteiger charge is -2.38. The first-order valence-corrected chi connectivity index (χ1v) is 12.0. The van der Waals surface area contributed by atoms with Gasteiger partial charge in [0.2, 0.25) is 0 Å². The molecule has 3 amide bonds. The molecular formula is C28H29N7O3. The average molecular weight is 512 g/mol. The van der Waals surface area contributed by atoms with Gasteiger partial charge < -0.3 is 21.1 Å². The number of hydrogen-bond donors (Lipinski definition) is 5. The third kappa shape index (κ3) is 5.98. The van der Waals surface area contributed by atoms with Crippen LogP contribution in [0.4, 0.5) is 21.1 Å². The molecule has 0 saturated heterocycles. The number of urea groups is 1. The van der Waals surface area contributed by atoms with Crippen LogP contribution >= 0.6 is 0 Å². The first-order chi connectivity index (χ1) is 18.5. The highest BCUT2D eigenvalue weighted by Gasteiger charge is 2.37. The van der Waals surface area contributed by atoms with E-state index < -0.39 is 17.7 Å². The molecule has 10 heteroatoms. The summed E-state index contributed by atoms with van der Waals surface area (Å²) in [5, 5.41) is 24.3. The zero-order valence-electron chi connectivity index (χ0n) is 20.8. The molecule has 194 valence electrons. The Balaban J connectivity index is 1.66. The van der Waals surface area contributed by atoms with E-state index in [-0.39, 0.29) is 13.1 Å². The van der Waals surface area contributed by atoms with Crippen LogP contribution in [0.1, 0.15) is 16.7 Å². The minimum atomic E-state index is -1.20. The maximum Gasteiger partial charge on any atom is 0.409 e. The van der Waals surface area contributed by atoms with Crippen molar-refractivity contribution in [2.45, 2.75) is 5.54 Å². The van der Waals surface area contributed by atoms with E-state index in [2.05, 4.69) is 62.4 Å². The minimum Gasteiger partial charge on any atom is -0.465 e. The van der Waals surface area contributed by atoms with Crippen molar-refractivity contribution >= 4 is 30.0 Å². The van der Waals surface area contributed by atoms with Crippen molar-refractivity contribution in [1.29, 1.82) is 0 Å². The quantitative estimate of drug-likeness (QED) is 0.0940. The summed E-state index contributed by atoms with van der Waals surface area (Å²) in [6.45, 7) is 0.430. The molecule has 0 aliphatic heterocycles. The molecule has 0 atom stereocenters. The number of amides is 3. The van der Waals surface area contributed by atoms with E-state index >= 15 is 0 Å². The van der Waals surface area contributed by atoms with Crippen LogP contribution in [0.25, 0.3) is 0 Å². The van der Waals surface area contributed by atoms with Crippen molar-refractivity contribution in [2.24, 2.45) is 12.0 Å². The number of carbonyl (C=O) groups is 2. The molecule has 0 radical (unpaired) electrons. The Morgan fingerprint density at radius 1 is 0.921 bits per heavy atom. The Hall–Kier alpha value is -5.12. The fourth-order valence-electron chi connectivity index (χ4n) is 4.20. The van der Waals surface area contributed by atoms with Gasteiger partial charge in [0.15, 0.2) is 0 Å². The summed E-state index contributed by atoms with van der Waals surface area (Å²) < 4.78 is 1.68. The van der Waals surface area contributed by atoms with Crippen molar-refractivity contribution in [3.05, 3.63) is 114 Å². The molecule has 0 bridgehead atoms. The molecule has 4 aromatic rings. The van der Waals surface area contributed by atoms with E-state index in [1.165, 1.54) is 0 Å². The highest BCUT2D eigenvalue weighted by Crippen LogP contribution is 2.41. The molecule has 0 fully saturated rings. The average Bonchev–Trinajstić information content (AvgIpc) is 3.28. The summed E-state index contributed by atoms with van der Waals surface area (Å²) in [7, 11) is 1.81. The van der Waals surface area contributed by atoms with E-state index in [4.69, 9.17) is 5.11 Å². The molecule has 0 saturated carbocycles. The highest BCUT2D eigenvalue weighted by atomic mass is 16.4. The maximum atomic E-state index is 12.6. The fraction of sp³-hybridized carbons (Fsp3) is 0.143. The number of carbonyl (C=O) groups excluding carboxylic acids is 1. The number of benzene rings is 3. The van der Waals surface area contributed by atoms with Crippen molar-refractivity contribution in [2.75, 3.05) is 23.7 Å². The molecule has 38 heavy (non-hydrogen) atoms. The SMILES string of the molecule is Cn1ncc(NC(=O)NCCN=CNC(=O)O)c1NC(c1ccccc1)(c1ccccc1)c1ccccc1. The predicted molar refractivity (Wildman–Crippen MR) is 148 cm³/mol. The summed E-state index contributed by atoms with van der Waals surface area (Å²) in [6.07, 6.45) is 1.46. The second-order valence-corrected chi connectivity index (χ2v) is 8.37. The van der Waals surface area contributed by atoms with E-state index in [0.29, 0.717) is 11.5 Å². The second kappa shape index (κ2) is 12.2. The summed E-state index contributed by atoms with van der Waals surface area (Å²) in [6, 6.07) is 29.9. The number of aliphatic imine (C=N–C) groups is 1. The van der Waals surface area contributed by atoms with Crippen LogP contribution in [-0.4, -0.2) is 46.4 Å². The molecule has 10 nitrogen and oxygen atoms in total. The van der Waals surface area contributed by atoms with Crippen LogP contribution in [0.15, 0.2) is 102 Å².